The van der Waals surface area contributed by atoms with Gasteiger partial charge in [0, 0.05) is 16.8 Å². The molecular formula is C17H14ClN3O. The third-order valence-electron chi connectivity index (χ3n) is 3.36. The lowest BCUT2D eigenvalue weighted by molar-refractivity contribution is 0.417. The van der Waals surface area contributed by atoms with E-state index < -0.39 is 0 Å². The predicted molar refractivity (Wildman–Crippen MR) is 90.5 cm³/mol. The molecule has 0 bridgehead atoms. The third kappa shape index (κ3) is 2.61. The summed E-state index contributed by atoms with van der Waals surface area (Å²) < 4.78 is 5.32. The number of hydrogen-bond donors (Lipinski definition) is 1. The summed E-state index contributed by atoms with van der Waals surface area (Å²) >= 11 is 6.09. The van der Waals surface area contributed by atoms with Gasteiger partial charge in [0.25, 0.3) is 0 Å². The average molecular weight is 312 g/mol. The summed E-state index contributed by atoms with van der Waals surface area (Å²) in [7, 11) is 1.58. The highest BCUT2D eigenvalue weighted by Gasteiger charge is 2.10. The summed E-state index contributed by atoms with van der Waals surface area (Å²) in [6, 6.07) is 16.8. The molecule has 0 amide bonds. The summed E-state index contributed by atoms with van der Waals surface area (Å²) in [5, 5.41) is 10.9. The van der Waals surface area contributed by atoms with E-state index in [1.165, 1.54) is 0 Å². The summed E-state index contributed by atoms with van der Waals surface area (Å²) in [4.78, 5) is 0. The topological polar surface area (TPSA) is 60.0 Å². The minimum Gasteiger partial charge on any atom is -0.494 e. The zero-order valence-electron chi connectivity index (χ0n) is 12.0. The number of rotatable bonds is 3. The van der Waals surface area contributed by atoms with Crippen LogP contribution in [0.2, 0.25) is 5.02 Å². The van der Waals surface area contributed by atoms with Gasteiger partial charge in [-0.1, -0.05) is 48.0 Å². The molecule has 2 N–H and O–H groups in total. The number of nitrogens with zero attached hydrogens (tertiary/aromatic N) is 2. The van der Waals surface area contributed by atoms with E-state index in [1.807, 2.05) is 42.5 Å². The zero-order chi connectivity index (χ0) is 15.5. The minimum atomic E-state index is 0.554. The number of benzene rings is 3. The third-order valence-corrected chi connectivity index (χ3v) is 3.68. The van der Waals surface area contributed by atoms with Crippen LogP contribution in [0, 0.1) is 0 Å². The van der Waals surface area contributed by atoms with Crippen LogP contribution in [-0.2, 0) is 0 Å². The van der Waals surface area contributed by atoms with Crippen LogP contribution in [0.3, 0.4) is 0 Å². The number of nitrogen functional groups attached to an aromatic ring is 1. The second-order valence-corrected chi connectivity index (χ2v) is 5.12. The molecule has 0 saturated carbocycles. The molecule has 3 rings (SSSR count). The molecule has 0 fully saturated rings. The van der Waals surface area contributed by atoms with Gasteiger partial charge in [-0.3, -0.25) is 0 Å². The highest BCUT2D eigenvalue weighted by atomic mass is 35.5. The van der Waals surface area contributed by atoms with Gasteiger partial charge >= 0.3 is 0 Å². The molecule has 0 aliphatic carbocycles. The standard InChI is InChI=1S/C17H14ClN3O/c1-22-16-10-15(11-6-2-3-7-12(11)17(16)19)21-20-14-9-5-4-8-13(14)18/h2-10H,19H2,1H3. The number of azo groups is 1. The maximum atomic E-state index is 6.11. The van der Waals surface area contributed by atoms with Crippen LogP contribution in [0.4, 0.5) is 17.1 Å². The number of hydrogen-bond acceptors (Lipinski definition) is 4. The van der Waals surface area contributed by atoms with Gasteiger partial charge < -0.3 is 10.5 Å². The predicted octanol–water partition coefficient (Wildman–Crippen LogP) is 5.50. The van der Waals surface area contributed by atoms with Crippen molar-refractivity contribution in [3.63, 3.8) is 0 Å². The van der Waals surface area contributed by atoms with Crippen molar-refractivity contribution in [1.29, 1.82) is 0 Å². The molecule has 0 unspecified atom stereocenters. The summed E-state index contributed by atoms with van der Waals surface area (Å²) in [6.07, 6.45) is 0. The largest absolute Gasteiger partial charge is 0.494 e. The first-order chi connectivity index (χ1) is 10.7. The Morgan fingerprint density at radius 2 is 1.55 bits per heavy atom. The van der Waals surface area contributed by atoms with Gasteiger partial charge in [0.1, 0.15) is 11.4 Å². The van der Waals surface area contributed by atoms with Crippen molar-refractivity contribution in [2.45, 2.75) is 0 Å². The van der Waals surface area contributed by atoms with E-state index >= 15 is 0 Å². The van der Waals surface area contributed by atoms with Crippen LogP contribution < -0.4 is 10.5 Å². The summed E-state index contributed by atoms with van der Waals surface area (Å²) in [6.45, 7) is 0. The Morgan fingerprint density at radius 1 is 0.909 bits per heavy atom. The van der Waals surface area contributed by atoms with Gasteiger partial charge in [0.15, 0.2) is 0 Å². The average Bonchev–Trinajstić information content (AvgIpc) is 2.56. The Balaban J connectivity index is 2.15. The second-order valence-electron chi connectivity index (χ2n) is 4.71. The fraction of sp³-hybridized carbons (Fsp3) is 0.0588. The first kappa shape index (κ1) is 14.4. The SMILES string of the molecule is COc1cc(N=Nc2ccccc2Cl)c2ccccc2c1N. The quantitative estimate of drug-likeness (QED) is 0.513. The Hall–Kier alpha value is -2.59. The number of halogens is 1. The van der Waals surface area contributed by atoms with E-state index in [4.69, 9.17) is 22.1 Å². The van der Waals surface area contributed by atoms with Crippen LogP contribution in [0.25, 0.3) is 10.8 Å². The number of nitrogens with two attached hydrogens (primary N) is 1. The van der Waals surface area contributed by atoms with Gasteiger partial charge in [-0.15, -0.1) is 10.2 Å². The van der Waals surface area contributed by atoms with E-state index in [0.29, 0.717) is 27.8 Å². The van der Waals surface area contributed by atoms with Crippen LogP contribution >= 0.6 is 11.6 Å². The maximum Gasteiger partial charge on any atom is 0.144 e. The van der Waals surface area contributed by atoms with Crippen molar-refractivity contribution in [2.24, 2.45) is 10.2 Å². The van der Waals surface area contributed by atoms with Crippen molar-refractivity contribution in [3.05, 3.63) is 59.6 Å². The molecule has 0 saturated heterocycles. The maximum absolute atomic E-state index is 6.11. The van der Waals surface area contributed by atoms with Crippen molar-refractivity contribution in [2.75, 3.05) is 12.8 Å². The summed E-state index contributed by atoms with van der Waals surface area (Å²) in [5.74, 6) is 0.576. The molecule has 3 aromatic rings. The zero-order valence-corrected chi connectivity index (χ0v) is 12.7. The number of anilines is 1. The van der Waals surface area contributed by atoms with E-state index in [0.717, 1.165) is 10.8 Å². The molecular weight excluding hydrogens is 298 g/mol. The fourth-order valence-electron chi connectivity index (χ4n) is 2.25. The van der Waals surface area contributed by atoms with E-state index in [1.54, 1.807) is 19.2 Å². The van der Waals surface area contributed by atoms with Crippen LogP contribution in [0.1, 0.15) is 0 Å². The normalized spacial score (nSPS) is 11.2. The molecule has 3 aromatic carbocycles. The van der Waals surface area contributed by atoms with Crippen molar-refractivity contribution in [1.82, 2.24) is 0 Å². The van der Waals surface area contributed by atoms with E-state index in [-0.39, 0.29) is 0 Å². The van der Waals surface area contributed by atoms with E-state index in [2.05, 4.69) is 10.2 Å². The Morgan fingerprint density at radius 3 is 2.27 bits per heavy atom. The number of methoxy groups -OCH3 is 1. The molecule has 0 aliphatic heterocycles. The van der Waals surface area contributed by atoms with Crippen molar-refractivity contribution < 1.29 is 4.74 Å². The molecule has 22 heavy (non-hydrogen) atoms. The lowest BCUT2D eigenvalue weighted by atomic mass is 10.1. The molecule has 0 aromatic heterocycles. The van der Waals surface area contributed by atoms with E-state index in [9.17, 15) is 0 Å². The molecule has 0 heterocycles. The van der Waals surface area contributed by atoms with Gasteiger partial charge in [0.2, 0.25) is 0 Å². The highest BCUT2D eigenvalue weighted by molar-refractivity contribution is 6.32. The van der Waals surface area contributed by atoms with Crippen LogP contribution in [0.15, 0.2) is 64.8 Å². The Bertz CT molecular complexity index is 862. The first-order valence-corrected chi connectivity index (χ1v) is 7.10. The fourth-order valence-corrected chi connectivity index (χ4v) is 2.42. The Labute approximate surface area is 133 Å². The molecule has 0 radical (unpaired) electrons. The van der Waals surface area contributed by atoms with Gasteiger partial charge in [0.05, 0.1) is 23.5 Å². The van der Waals surface area contributed by atoms with Crippen LogP contribution in [-0.4, -0.2) is 7.11 Å². The molecule has 0 atom stereocenters. The van der Waals surface area contributed by atoms with Crippen molar-refractivity contribution in [3.8, 4) is 5.75 Å². The van der Waals surface area contributed by atoms with Gasteiger partial charge in [-0.05, 0) is 12.1 Å². The minimum absolute atomic E-state index is 0.554. The molecule has 5 heteroatoms. The molecule has 4 nitrogen and oxygen atoms in total. The monoisotopic (exact) mass is 311 g/mol. The second kappa shape index (κ2) is 6.03. The number of ether oxygens (including phenoxy) is 1. The molecule has 110 valence electrons. The first-order valence-electron chi connectivity index (χ1n) is 6.72. The number of fused-ring (bicyclic) bond motifs is 1. The smallest absolute Gasteiger partial charge is 0.144 e. The highest BCUT2D eigenvalue weighted by Crippen LogP contribution is 2.38. The van der Waals surface area contributed by atoms with Crippen molar-refractivity contribution >= 4 is 39.4 Å². The lowest BCUT2D eigenvalue weighted by Gasteiger charge is -2.10. The molecule has 0 spiro atoms. The van der Waals surface area contributed by atoms with Gasteiger partial charge in [-0.2, -0.15) is 0 Å². The Kier molecular flexibility index (Phi) is 3.94. The lowest BCUT2D eigenvalue weighted by Crippen LogP contribution is -1.93. The van der Waals surface area contributed by atoms with Crippen LogP contribution in [0.5, 0.6) is 5.75 Å². The van der Waals surface area contributed by atoms with Gasteiger partial charge in [-0.25, -0.2) is 0 Å². The molecule has 0 aliphatic rings. The summed E-state index contributed by atoms with van der Waals surface area (Å²) in [5.41, 5.74) is 8.00.